The van der Waals surface area contributed by atoms with Crippen LogP contribution in [0.25, 0.3) is 0 Å². The van der Waals surface area contributed by atoms with E-state index in [1.165, 1.54) is 18.2 Å². The van der Waals surface area contributed by atoms with E-state index in [4.69, 9.17) is 0 Å². The summed E-state index contributed by atoms with van der Waals surface area (Å²) in [4.78, 5) is 28.0. The predicted octanol–water partition coefficient (Wildman–Crippen LogP) is 2.30. The van der Waals surface area contributed by atoms with E-state index >= 15 is 0 Å². The van der Waals surface area contributed by atoms with Gasteiger partial charge in [0.2, 0.25) is 11.8 Å². The van der Waals surface area contributed by atoms with Crippen LogP contribution >= 0.6 is 0 Å². The topological polar surface area (TPSA) is 64.7 Å². The number of carbonyl (C=O) groups is 2. The summed E-state index contributed by atoms with van der Waals surface area (Å²) in [6.45, 7) is 2.51. The summed E-state index contributed by atoms with van der Waals surface area (Å²) in [6, 6.07) is 9.14. The highest BCUT2D eigenvalue weighted by molar-refractivity contribution is 5.93. The van der Waals surface area contributed by atoms with Crippen molar-refractivity contribution < 1.29 is 22.8 Å². The Labute approximate surface area is 166 Å². The van der Waals surface area contributed by atoms with Crippen molar-refractivity contribution in [2.75, 3.05) is 49.9 Å². The zero-order chi connectivity index (χ0) is 20.8. The Morgan fingerprint density at radius 2 is 1.34 bits per heavy atom. The number of anilines is 2. The number of piperazine rings is 1. The SMILES string of the molecule is O=C(CN1CCN(CC(=O)Nc2ccccc2F)CC1)Nc1ccc(F)c(F)c1. The lowest BCUT2D eigenvalue weighted by Crippen LogP contribution is -2.50. The first kappa shape index (κ1) is 20.8. The molecule has 0 spiro atoms. The molecule has 3 rings (SSSR count). The number of benzene rings is 2. The highest BCUT2D eigenvalue weighted by Gasteiger charge is 2.21. The zero-order valence-corrected chi connectivity index (χ0v) is 15.6. The number of nitrogens with zero attached hydrogens (tertiary/aromatic N) is 2. The van der Waals surface area contributed by atoms with Gasteiger partial charge in [0.1, 0.15) is 5.82 Å². The molecule has 0 bridgehead atoms. The molecule has 1 aliphatic heterocycles. The van der Waals surface area contributed by atoms with Crippen molar-refractivity contribution in [2.45, 2.75) is 0 Å². The van der Waals surface area contributed by atoms with Crippen molar-refractivity contribution in [2.24, 2.45) is 0 Å². The maximum atomic E-state index is 13.6. The normalized spacial score (nSPS) is 15.1. The van der Waals surface area contributed by atoms with Gasteiger partial charge in [0.15, 0.2) is 11.6 Å². The van der Waals surface area contributed by atoms with Crippen molar-refractivity contribution in [3.8, 4) is 0 Å². The second kappa shape index (κ2) is 9.53. The lowest BCUT2D eigenvalue weighted by molar-refractivity contribution is -0.120. The van der Waals surface area contributed by atoms with E-state index in [2.05, 4.69) is 10.6 Å². The van der Waals surface area contributed by atoms with Crippen LogP contribution in [-0.4, -0.2) is 60.9 Å². The third-order valence-electron chi connectivity index (χ3n) is 4.55. The highest BCUT2D eigenvalue weighted by atomic mass is 19.2. The Bertz CT molecular complexity index is 886. The molecular formula is C20H21F3N4O2. The fourth-order valence-electron chi connectivity index (χ4n) is 3.04. The zero-order valence-electron chi connectivity index (χ0n) is 15.6. The molecular weight excluding hydrogens is 385 g/mol. The molecule has 2 aromatic carbocycles. The number of rotatable bonds is 6. The molecule has 9 heteroatoms. The van der Waals surface area contributed by atoms with E-state index in [-0.39, 0.29) is 36.3 Å². The van der Waals surface area contributed by atoms with Crippen LogP contribution in [0.3, 0.4) is 0 Å². The van der Waals surface area contributed by atoms with Gasteiger partial charge in [-0.15, -0.1) is 0 Å². The van der Waals surface area contributed by atoms with E-state index in [9.17, 15) is 22.8 Å². The summed E-state index contributed by atoms with van der Waals surface area (Å²) >= 11 is 0. The molecule has 2 amide bonds. The molecule has 1 fully saturated rings. The maximum absolute atomic E-state index is 13.6. The largest absolute Gasteiger partial charge is 0.325 e. The van der Waals surface area contributed by atoms with E-state index in [0.29, 0.717) is 26.2 Å². The summed E-state index contributed by atoms with van der Waals surface area (Å²) in [6.07, 6.45) is 0. The molecule has 1 saturated heterocycles. The van der Waals surface area contributed by atoms with Gasteiger partial charge in [-0.25, -0.2) is 13.2 Å². The van der Waals surface area contributed by atoms with E-state index < -0.39 is 17.5 Å². The lowest BCUT2D eigenvalue weighted by Gasteiger charge is -2.33. The molecule has 1 aliphatic rings. The summed E-state index contributed by atoms with van der Waals surface area (Å²) in [7, 11) is 0. The van der Waals surface area contributed by atoms with Gasteiger partial charge >= 0.3 is 0 Å². The van der Waals surface area contributed by atoms with Crippen molar-refractivity contribution in [1.82, 2.24) is 9.80 Å². The van der Waals surface area contributed by atoms with Crippen LogP contribution in [0.5, 0.6) is 0 Å². The fourth-order valence-corrected chi connectivity index (χ4v) is 3.04. The molecule has 0 radical (unpaired) electrons. The van der Waals surface area contributed by atoms with Gasteiger partial charge < -0.3 is 10.6 Å². The Balaban J connectivity index is 1.40. The van der Waals surface area contributed by atoms with Gasteiger partial charge in [-0.05, 0) is 24.3 Å². The molecule has 0 unspecified atom stereocenters. The fraction of sp³-hybridized carbons (Fsp3) is 0.300. The monoisotopic (exact) mass is 406 g/mol. The Morgan fingerprint density at radius 3 is 1.93 bits per heavy atom. The Hall–Kier alpha value is -2.91. The van der Waals surface area contributed by atoms with Crippen LogP contribution in [0.4, 0.5) is 24.5 Å². The van der Waals surface area contributed by atoms with Crippen LogP contribution in [-0.2, 0) is 9.59 Å². The molecule has 29 heavy (non-hydrogen) atoms. The van der Waals surface area contributed by atoms with Gasteiger partial charge in [0, 0.05) is 37.9 Å². The lowest BCUT2D eigenvalue weighted by atomic mass is 10.2. The van der Waals surface area contributed by atoms with E-state index in [1.54, 1.807) is 12.1 Å². The number of amides is 2. The number of halogens is 3. The predicted molar refractivity (Wildman–Crippen MR) is 103 cm³/mol. The van der Waals surface area contributed by atoms with Crippen LogP contribution in [0.2, 0.25) is 0 Å². The summed E-state index contributed by atoms with van der Waals surface area (Å²) in [5.41, 5.74) is 0.336. The van der Waals surface area contributed by atoms with Crippen molar-refractivity contribution in [1.29, 1.82) is 0 Å². The average molecular weight is 406 g/mol. The van der Waals surface area contributed by atoms with Gasteiger partial charge in [0.25, 0.3) is 0 Å². The number of nitrogens with one attached hydrogen (secondary N) is 2. The minimum Gasteiger partial charge on any atom is -0.325 e. The van der Waals surface area contributed by atoms with Crippen molar-refractivity contribution >= 4 is 23.2 Å². The van der Waals surface area contributed by atoms with Crippen molar-refractivity contribution in [3.63, 3.8) is 0 Å². The second-order valence-corrected chi connectivity index (χ2v) is 6.76. The first-order valence-corrected chi connectivity index (χ1v) is 9.15. The quantitative estimate of drug-likeness (QED) is 0.773. The Kier molecular flexibility index (Phi) is 6.84. The highest BCUT2D eigenvalue weighted by Crippen LogP contribution is 2.14. The van der Waals surface area contributed by atoms with Gasteiger partial charge in [0.05, 0.1) is 18.8 Å². The van der Waals surface area contributed by atoms with Gasteiger partial charge in [-0.2, -0.15) is 0 Å². The molecule has 154 valence electrons. The first-order valence-electron chi connectivity index (χ1n) is 9.15. The molecule has 0 atom stereocenters. The molecule has 2 N–H and O–H groups in total. The van der Waals surface area contributed by atoms with Crippen LogP contribution in [0, 0.1) is 17.5 Å². The number of hydrogen-bond acceptors (Lipinski definition) is 4. The number of para-hydroxylation sites is 1. The van der Waals surface area contributed by atoms with Crippen LogP contribution < -0.4 is 10.6 Å². The van der Waals surface area contributed by atoms with Crippen LogP contribution in [0.15, 0.2) is 42.5 Å². The summed E-state index contributed by atoms with van der Waals surface area (Å²) in [5, 5.41) is 5.08. The molecule has 0 saturated carbocycles. The molecule has 1 heterocycles. The van der Waals surface area contributed by atoms with Gasteiger partial charge in [-0.1, -0.05) is 12.1 Å². The van der Waals surface area contributed by atoms with Crippen LogP contribution in [0.1, 0.15) is 0 Å². The summed E-state index contributed by atoms with van der Waals surface area (Å²) < 4.78 is 39.7. The molecule has 2 aromatic rings. The number of carbonyl (C=O) groups excluding carboxylic acids is 2. The molecule has 0 aromatic heterocycles. The van der Waals surface area contributed by atoms with Gasteiger partial charge in [-0.3, -0.25) is 19.4 Å². The van der Waals surface area contributed by atoms with E-state index in [1.807, 2.05) is 9.80 Å². The third kappa shape index (κ3) is 6.03. The summed E-state index contributed by atoms with van der Waals surface area (Å²) in [5.74, 6) is -3.12. The molecule has 6 nitrogen and oxygen atoms in total. The average Bonchev–Trinajstić information content (AvgIpc) is 2.68. The van der Waals surface area contributed by atoms with E-state index in [0.717, 1.165) is 12.1 Å². The Morgan fingerprint density at radius 1 is 0.759 bits per heavy atom. The third-order valence-corrected chi connectivity index (χ3v) is 4.55. The first-order chi connectivity index (χ1) is 13.9. The minimum absolute atomic E-state index is 0.105. The number of hydrogen-bond donors (Lipinski definition) is 2. The maximum Gasteiger partial charge on any atom is 0.238 e. The minimum atomic E-state index is -1.02. The second-order valence-electron chi connectivity index (χ2n) is 6.76. The van der Waals surface area contributed by atoms with Crippen molar-refractivity contribution in [3.05, 3.63) is 59.9 Å². The smallest absolute Gasteiger partial charge is 0.238 e. The molecule has 0 aliphatic carbocycles. The standard InChI is InChI=1S/C20H21F3N4O2/c21-15-6-5-14(11-17(15)23)24-19(28)12-26-7-9-27(10-8-26)13-20(29)25-18-4-2-1-3-16(18)22/h1-6,11H,7-10,12-13H2,(H,24,28)(H,25,29).